The Labute approximate surface area is 245 Å². The summed E-state index contributed by atoms with van der Waals surface area (Å²) in [6, 6.07) is 39.9. The molecule has 0 amide bonds. The lowest BCUT2D eigenvalue weighted by atomic mass is 9.82. The van der Waals surface area contributed by atoms with Gasteiger partial charge in [-0.3, -0.25) is 9.59 Å². The van der Waals surface area contributed by atoms with Crippen molar-refractivity contribution in [2.45, 2.75) is 25.9 Å². The van der Waals surface area contributed by atoms with Crippen LogP contribution in [0.25, 0.3) is 21.5 Å². The smallest absolute Gasteiger partial charge is 0.198 e. The summed E-state index contributed by atoms with van der Waals surface area (Å²) in [5, 5.41) is 11.8. The zero-order valence-corrected chi connectivity index (χ0v) is 23.5. The van der Waals surface area contributed by atoms with Crippen LogP contribution in [0.5, 0.6) is 0 Å². The second-order valence-electron chi connectivity index (χ2n) is 11.0. The van der Waals surface area contributed by atoms with Gasteiger partial charge in [0.05, 0.1) is 11.1 Å². The lowest BCUT2D eigenvalue weighted by Crippen LogP contribution is -2.25. The molecule has 6 aromatic rings. The Hall–Kier alpha value is -5.22. The number of hydrogen-bond acceptors (Lipinski definition) is 4. The van der Waals surface area contributed by atoms with Gasteiger partial charge in [0.1, 0.15) is 0 Å². The van der Waals surface area contributed by atoms with Crippen molar-refractivity contribution in [3.63, 3.8) is 0 Å². The van der Waals surface area contributed by atoms with Gasteiger partial charge in [0.2, 0.25) is 0 Å². The summed E-state index contributed by atoms with van der Waals surface area (Å²) in [7, 11) is 0. The number of carbonyl (C=O) groups is 2. The molecule has 2 N–H and O–H groups in total. The minimum Gasteiger partial charge on any atom is -0.378 e. The van der Waals surface area contributed by atoms with Gasteiger partial charge in [-0.15, -0.1) is 0 Å². The highest BCUT2D eigenvalue weighted by atomic mass is 16.1. The van der Waals surface area contributed by atoms with Crippen molar-refractivity contribution in [3.8, 4) is 0 Å². The van der Waals surface area contributed by atoms with Gasteiger partial charge in [0.25, 0.3) is 0 Å². The molecule has 42 heavy (non-hydrogen) atoms. The molecule has 0 heterocycles. The van der Waals surface area contributed by atoms with Crippen LogP contribution in [-0.2, 0) is 0 Å². The first-order valence-corrected chi connectivity index (χ1v) is 14.3. The lowest BCUT2D eigenvalue weighted by Gasteiger charge is -2.26. The number of carbonyl (C=O) groups excluding carboxylic acids is 2. The van der Waals surface area contributed by atoms with Crippen LogP contribution in [0.3, 0.4) is 0 Å². The SMILES string of the molecule is CC(Nc1cccc2c1C(=O)c1c(NC(C)c3cccc4ccccc34)cccc1C2=O)c1cccc2ccccc12. The van der Waals surface area contributed by atoms with E-state index in [0.29, 0.717) is 33.6 Å². The Morgan fingerprint density at radius 1 is 0.452 bits per heavy atom. The minimum atomic E-state index is -0.152. The van der Waals surface area contributed by atoms with E-state index in [2.05, 4.69) is 85.1 Å². The topological polar surface area (TPSA) is 58.2 Å². The number of anilines is 2. The molecule has 1 aliphatic carbocycles. The molecule has 7 rings (SSSR count). The Morgan fingerprint density at radius 2 is 0.857 bits per heavy atom. The third-order valence-electron chi connectivity index (χ3n) is 8.40. The number of hydrogen-bond donors (Lipinski definition) is 2. The van der Waals surface area contributed by atoms with Crippen molar-refractivity contribution >= 4 is 44.5 Å². The highest BCUT2D eigenvalue weighted by Crippen LogP contribution is 2.38. The van der Waals surface area contributed by atoms with E-state index in [4.69, 9.17) is 0 Å². The fraction of sp³-hybridized carbons (Fsp3) is 0.105. The van der Waals surface area contributed by atoms with Gasteiger partial charge in [0.15, 0.2) is 11.6 Å². The average molecular weight is 547 g/mol. The van der Waals surface area contributed by atoms with E-state index in [1.54, 1.807) is 12.1 Å². The van der Waals surface area contributed by atoms with Gasteiger partial charge in [0, 0.05) is 34.6 Å². The lowest BCUT2D eigenvalue weighted by molar-refractivity contribution is 0.0980. The third-order valence-corrected chi connectivity index (χ3v) is 8.40. The van der Waals surface area contributed by atoms with Crippen molar-refractivity contribution < 1.29 is 9.59 Å². The maximum Gasteiger partial charge on any atom is 0.198 e. The largest absolute Gasteiger partial charge is 0.378 e. The summed E-state index contributed by atoms with van der Waals surface area (Å²) in [6.07, 6.45) is 0. The number of rotatable bonds is 6. The second-order valence-corrected chi connectivity index (χ2v) is 11.0. The molecule has 0 spiro atoms. The number of nitrogens with one attached hydrogen (secondary N) is 2. The molecule has 0 radical (unpaired) electrons. The molecular formula is C38H30N2O2. The van der Waals surface area contributed by atoms with Gasteiger partial charge in [-0.1, -0.05) is 109 Å². The fourth-order valence-electron chi connectivity index (χ4n) is 6.36. The maximum atomic E-state index is 14.3. The molecular weight excluding hydrogens is 516 g/mol. The molecule has 6 aromatic carbocycles. The van der Waals surface area contributed by atoms with Crippen LogP contribution < -0.4 is 10.6 Å². The molecule has 204 valence electrons. The predicted octanol–water partition coefficient (Wildman–Crippen LogP) is 9.11. The fourth-order valence-corrected chi connectivity index (χ4v) is 6.36. The van der Waals surface area contributed by atoms with Gasteiger partial charge < -0.3 is 10.6 Å². The van der Waals surface area contributed by atoms with E-state index in [-0.39, 0.29) is 23.7 Å². The van der Waals surface area contributed by atoms with Crippen molar-refractivity contribution in [3.05, 3.63) is 155 Å². The Balaban J connectivity index is 1.26. The van der Waals surface area contributed by atoms with E-state index in [0.717, 1.165) is 32.7 Å². The summed E-state index contributed by atoms with van der Waals surface area (Å²) in [5.74, 6) is -0.288. The summed E-state index contributed by atoms with van der Waals surface area (Å²) in [6.45, 7) is 4.17. The maximum absolute atomic E-state index is 14.3. The number of ketones is 2. The predicted molar refractivity (Wildman–Crippen MR) is 172 cm³/mol. The van der Waals surface area contributed by atoms with Gasteiger partial charge in [-0.25, -0.2) is 0 Å². The van der Waals surface area contributed by atoms with Crippen LogP contribution in [0.4, 0.5) is 11.4 Å². The number of fused-ring (bicyclic) bond motifs is 4. The van der Waals surface area contributed by atoms with Gasteiger partial charge in [-0.2, -0.15) is 0 Å². The van der Waals surface area contributed by atoms with E-state index in [9.17, 15) is 9.59 Å². The quantitative estimate of drug-likeness (QED) is 0.218. The molecule has 2 atom stereocenters. The number of benzene rings is 6. The first-order valence-electron chi connectivity index (χ1n) is 14.3. The highest BCUT2D eigenvalue weighted by Gasteiger charge is 2.34. The van der Waals surface area contributed by atoms with Crippen LogP contribution in [0, 0.1) is 0 Å². The van der Waals surface area contributed by atoms with Crippen molar-refractivity contribution in [2.24, 2.45) is 0 Å². The van der Waals surface area contributed by atoms with Crippen LogP contribution in [0.1, 0.15) is 68.9 Å². The Bertz CT molecular complexity index is 1870. The molecule has 0 aliphatic heterocycles. The molecule has 0 fully saturated rings. The first-order chi connectivity index (χ1) is 20.5. The van der Waals surface area contributed by atoms with Crippen LogP contribution in [0.15, 0.2) is 121 Å². The minimum absolute atomic E-state index is 0.0911. The van der Waals surface area contributed by atoms with Crippen LogP contribution >= 0.6 is 0 Å². The van der Waals surface area contributed by atoms with Crippen LogP contribution in [0.2, 0.25) is 0 Å². The van der Waals surface area contributed by atoms with Crippen molar-refractivity contribution in [1.29, 1.82) is 0 Å². The summed E-state index contributed by atoms with van der Waals surface area (Å²) >= 11 is 0. The standard InChI is InChI=1S/C38H30N2O2/c1-23(27-17-7-13-25-11-3-5-15-29(25)27)39-33-21-9-19-31-35(33)38(42)36-32(37(31)41)20-10-22-34(36)40-24(2)28-18-8-14-26-12-4-6-16-30(26)28/h3-24,39-40H,1-2H3. The molecule has 4 heteroatoms. The summed E-state index contributed by atoms with van der Waals surface area (Å²) in [4.78, 5) is 28.1. The molecule has 0 aromatic heterocycles. The zero-order chi connectivity index (χ0) is 28.8. The molecule has 0 saturated heterocycles. The first kappa shape index (κ1) is 25.7. The van der Waals surface area contributed by atoms with E-state index in [1.807, 2.05) is 48.5 Å². The third kappa shape index (κ3) is 4.24. The van der Waals surface area contributed by atoms with E-state index in [1.165, 1.54) is 0 Å². The molecule has 1 aliphatic rings. The van der Waals surface area contributed by atoms with Gasteiger partial charge >= 0.3 is 0 Å². The molecule has 0 bridgehead atoms. The van der Waals surface area contributed by atoms with E-state index < -0.39 is 0 Å². The average Bonchev–Trinajstić information content (AvgIpc) is 3.03. The summed E-state index contributed by atoms with van der Waals surface area (Å²) < 4.78 is 0. The van der Waals surface area contributed by atoms with Crippen molar-refractivity contribution in [2.75, 3.05) is 10.6 Å². The molecule has 4 nitrogen and oxygen atoms in total. The van der Waals surface area contributed by atoms with Crippen molar-refractivity contribution in [1.82, 2.24) is 0 Å². The second kappa shape index (κ2) is 10.3. The zero-order valence-electron chi connectivity index (χ0n) is 23.5. The van der Waals surface area contributed by atoms with E-state index >= 15 is 0 Å². The molecule has 0 saturated carbocycles. The Morgan fingerprint density at radius 3 is 1.33 bits per heavy atom. The Kier molecular flexibility index (Phi) is 6.32. The molecule has 2 unspecified atom stereocenters. The van der Waals surface area contributed by atoms with Gasteiger partial charge in [-0.05, 0) is 58.7 Å². The highest BCUT2D eigenvalue weighted by molar-refractivity contribution is 6.31. The summed E-state index contributed by atoms with van der Waals surface area (Å²) in [5.41, 5.74) is 5.30. The van der Waals surface area contributed by atoms with Crippen LogP contribution in [-0.4, -0.2) is 11.6 Å². The monoisotopic (exact) mass is 546 g/mol. The normalized spacial score (nSPS) is 13.9.